The number of hydrogen-bond acceptors (Lipinski definition) is 3. The van der Waals surface area contributed by atoms with Crippen molar-refractivity contribution in [3.05, 3.63) is 6.10 Å². The summed E-state index contributed by atoms with van der Waals surface area (Å²) in [7, 11) is -3.27. The molecule has 0 aliphatic heterocycles. The van der Waals surface area contributed by atoms with Crippen LogP contribution in [0.25, 0.3) is 0 Å². The third kappa shape index (κ3) is 5.79. The van der Waals surface area contributed by atoms with Gasteiger partial charge in [-0.1, -0.05) is 6.92 Å². The highest BCUT2D eigenvalue weighted by Crippen LogP contribution is 2.07. The van der Waals surface area contributed by atoms with Crippen molar-refractivity contribution in [1.82, 2.24) is 0 Å². The first-order valence-corrected chi connectivity index (χ1v) is 4.49. The van der Waals surface area contributed by atoms with Gasteiger partial charge in [0.1, 0.15) is 6.10 Å². The molecular weight excluding hydrogens is 140 g/mol. The van der Waals surface area contributed by atoms with E-state index in [1.807, 2.05) is 6.92 Å². The fourth-order valence-corrected chi connectivity index (χ4v) is 0.952. The average Bonchev–Trinajstić information content (AvgIpc) is 1.62. The molecule has 1 radical (unpaired) electrons. The molecule has 0 aliphatic carbocycles. The summed E-state index contributed by atoms with van der Waals surface area (Å²) < 4.78 is 25.2. The fourth-order valence-electron chi connectivity index (χ4n) is 0.317. The molecule has 0 atom stereocenters. The lowest BCUT2D eigenvalue weighted by atomic mass is 10.3. The highest BCUT2D eigenvalue weighted by molar-refractivity contribution is 7.86. The van der Waals surface area contributed by atoms with Crippen LogP contribution in [-0.2, 0) is 14.3 Å². The molecule has 0 saturated heterocycles. The van der Waals surface area contributed by atoms with Gasteiger partial charge in [-0.3, -0.25) is 4.18 Å². The fraction of sp³-hybridized carbons (Fsp3) is 0.800. The Bertz CT molecular complexity index is 159. The molecule has 0 spiro atoms. The zero-order valence-electron chi connectivity index (χ0n) is 5.84. The van der Waals surface area contributed by atoms with Gasteiger partial charge < -0.3 is 0 Å². The summed E-state index contributed by atoms with van der Waals surface area (Å²) in [6, 6.07) is 0. The zero-order chi connectivity index (χ0) is 7.49. The predicted octanol–water partition coefficient (Wildman–Crippen LogP) is 0.924. The molecule has 4 heteroatoms. The van der Waals surface area contributed by atoms with Gasteiger partial charge in [-0.15, -0.1) is 0 Å². The molecule has 0 aromatic heterocycles. The highest BCUT2D eigenvalue weighted by atomic mass is 32.2. The molecule has 0 aromatic rings. The van der Waals surface area contributed by atoms with E-state index in [0.29, 0.717) is 12.5 Å². The quantitative estimate of drug-likeness (QED) is 0.563. The van der Waals surface area contributed by atoms with Gasteiger partial charge in [0.2, 0.25) is 0 Å². The van der Waals surface area contributed by atoms with Crippen LogP contribution in [0.4, 0.5) is 0 Å². The van der Waals surface area contributed by atoms with Gasteiger partial charge in [-0.2, -0.15) is 8.42 Å². The van der Waals surface area contributed by atoms with Gasteiger partial charge in [-0.25, -0.2) is 0 Å². The normalized spacial score (nSPS) is 12.4. The van der Waals surface area contributed by atoms with Crippen molar-refractivity contribution in [1.29, 1.82) is 0 Å². The Hall–Kier alpha value is -0.0900. The molecule has 0 rings (SSSR count). The van der Waals surface area contributed by atoms with E-state index in [0.717, 1.165) is 6.26 Å². The first kappa shape index (κ1) is 8.91. The van der Waals surface area contributed by atoms with E-state index in [4.69, 9.17) is 0 Å². The lowest BCUT2D eigenvalue weighted by Gasteiger charge is -2.04. The summed E-state index contributed by atoms with van der Waals surface area (Å²) in [4.78, 5) is 0. The van der Waals surface area contributed by atoms with E-state index in [-0.39, 0.29) is 0 Å². The van der Waals surface area contributed by atoms with Crippen molar-refractivity contribution in [2.45, 2.75) is 20.3 Å². The average molecular weight is 151 g/mol. The maximum atomic E-state index is 10.4. The monoisotopic (exact) mass is 151 g/mol. The van der Waals surface area contributed by atoms with Crippen LogP contribution in [0, 0.1) is 6.10 Å². The van der Waals surface area contributed by atoms with Crippen molar-refractivity contribution in [2.75, 3.05) is 6.26 Å². The minimum absolute atomic E-state index is 0.525. The molecule has 0 heterocycles. The van der Waals surface area contributed by atoms with E-state index >= 15 is 0 Å². The second-order valence-electron chi connectivity index (χ2n) is 1.84. The maximum absolute atomic E-state index is 10.4. The van der Waals surface area contributed by atoms with Crippen LogP contribution in [0.15, 0.2) is 0 Å². The highest BCUT2D eigenvalue weighted by Gasteiger charge is 2.07. The van der Waals surface area contributed by atoms with E-state index in [2.05, 4.69) is 4.18 Å². The molecule has 0 unspecified atom stereocenters. The van der Waals surface area contributed by atoms with Gasteiger partial charge in [0.25, 0.3) is 10.1 Å². The summed E-state index contributed by atoms with van der Waals surface area (Å²) in [5.74, 6) is 0. The van der Waals surface area contributed by atoms with Gasteiger partial charge in [0.05, 0.1) is 6.26 Å². The molecule has 0 bridgehead atoms. The number of rotatable bonds is 3. The van der Waals surface area contributed by atoms with Gasteiger partial charge in [0, 0.05) is 0 Å². The Morgan fingerprint density at radius 1 is 1.56 bits per heavy atom. The lowest BCUT2D eigenvalue weighted by Crippen LogP contribution is -2.05. The van der Waals surface area contributed by atoms with Crippen LogP contribution in [0.2, 0.25) is 0 Å². The van der Waals surface area contributed by atoms with Crippen LogP contribution in [0.5, 0.6) is 0 Å². The summed E-state index contributed by atoms with van der Waals surface area (Å²) >= 11 is 0. The first-order chi connectivity index (χ1) is 3.95. The van der Waals surface area contributed by atoms with E-state index in [1.54, 1.807) is 6.92 Å². The lowest BCUT2D eigenvalue weighted by molar-refractivity contribution is 0.327. The smallest absolute Gasteiger partial charge is 0.261 e. The Morgan fingerprint density at radius 2 is 2.00 bits per heavy atom. The molecule has 0 fully saturated rings. The second kappa shape index (κ2) is 3.17. The summed E-state index contributed by atoms with van der Waals surface area (Å²) in [5.41, 5.74) is 0. The van der Waals surface area contributed by atoms with Crippen molar-refractivity contribution < 1.29 is 12.6 Å². The SMILES string of the molecule is CC[C](C)OS(C)(=O)=O. The maximum Gasteiger partial charge on any atom is 0.265 e. The van der Waals surface area contributed by atoms with Crippen molar-refractivity contribution in [2.24, 2.45) is 0 Å². The summed E-state index contributed by atoms with van der Waals surface area (Å²) in [6.45, 7) is 3.47. The Morgan fingerprint density at radius 3 is 2.11 bits per heavy atom. The molecule has 0 N–H and O–H groups in total. The van der Waals surface area contributed by atoms with E-state index < -0.39 is 10.1 Å². The predicted molar refractivity (Wildman–Crippen MR) is 35.1 cm³/mol. The molecule has 3 nitrogen and oxygen atoms in total. The van der Waals surface area contributed by atoms with Crippen LogP contribution in [-0.4, -0.2) is 14.7 Å². The molecule has 0 amide bonds. The topological polar surface area (TPSA) is 43.4 Å². The van der Waals surface area contributed by atoms with Crippen LogP contribution < -0.4 is 0 Å². The van der Waals surface area contributed by atoms with Gasteiger partial charge >= 0.3 is 0 Å². The van der Waals surface area contributed by atoms with Crippen LogP contribution in [0.3, 0.4) is 0 Å². The Kier molecular flexibility index (Phi) is 3.14. The molecular formula is C5H11O3S. The molecule has 9 heavy (non-hydrogen) atoms. The zero-order valence-corrected chi connectivity index (χ0v) is 6.66. The Balaban J connectivity index is 3.75. The van der Waals surface area contributed by atoms with Crippen molar-refractivity contribution in [3.8, 4) is 0 Å². The van der Waals surface area contributed by atoms with Crippen molar-refractivity contribution >= 4 is 10.1 Å². The Labute approximate surface area is 56.1 Å². The molecule has 55 valence electrons. The van der Waals surface area contributed by atoms with E-state index in [9.17, 15) is 8.42 Å². The summed E-state index contributed by atoms with van der Waals surface area (Å²) in [6.07, 6.45) is 2.19. The van der Waals surface area contributed by atoms with Crippen LogP contribution in [0.1, 0.15) is 20.3 Å². The third-order valence-electron chi connectivity index (χ3n) is 0.792. The molecule has 0 aliphatic rings. The van der Waals surface area contributed by atoms with Gasteiger partial charge in [0.15, 0.2) is 0 Å². The standard InChI is InChI=1S/C5H11O3S/c1-4-5(2)8-9(3,6)7/h4H2,1-3H3. The van der Waals surface area contributed by atoms with Crippen molar-refractivity contribution in [3.63, 3.8) is 0 Å². The third-order valence-corrected chi connectivity index (χ3v) is 1.38. The molecule has 0 saturated carbocycles. The minimum atomic E-state index is -3.27. The van der Waals surface area contributed by atoms with Gasteiger partial charge in [-0.05, 0) is 13.3 Å². The first-order valence-electron chi connectivity index (χ1n) is 2.67. The summed E-state index contributed by atoms with van der Waals surface area (Å²) in [5, 5.41) is 0. The largest absolute Gasteiger partial charge is 0.265 e. The number of hydrogen-bond donors (Lipinski definition) is 0. The van der Waals surface area contributed by atoms with Crippen LogP contribution >= 0.6 is 0 Å². The minimum Gasteiger partial charge on any atom is -0.261 e. The molecule has 0 aromatic carbocycles. The second-order valence-corrected chi connectivity index (χ2v) is 3.42. The van der Waals surface area contributed by atoms with E-state index in [1.165, 1.54) is 0 Å².